The van der Waals surface area contributed by atoms with Gasteiger partial charge in [-0.05, 0) is 147 Å². The molecule has 1 fully saturated rings. The van der Waals surface area contributed by atoms with Gasteiger partial charge in [0, 0.05) is 77.8 Å². The first kappa shape index (κ1) is 77.3. The summed E-state index contributed by atoms with van der Waals surface area (Å²) in [6.07, 6.45) is -1.64. The summed E-state index contributed by atoms with van der Waals surface area (Å²) in [4.78, 5) is 21.0. The van der Waals surface area contributed by atoms with E-state index in [2.05, 4.69) is 77.4 Å². The van der Waals surface area contributed by atoms with Gasteiger partial charge in [0.15, 0.2) is 45.8 Å². The van der Waals surface area contributed by atoms with Gasteiger partial charge in [0.25, 0.3) is 11.8 Å². The summed E-state index contributed by atoms with van der Waals surface area (Å²) in [5.41, 5.74) is -1.35. The molecule has 0 aliphatic carbocycles. The zero-order valence-electron chi connectivity index (χ0n) is 44.2. The van der Waals surface area contributed by atoms with Crippen LogP contribution in [0.25, 0.3) is 22.4 Å². The lowest BCUT2D eigenvalue weighted by atomic mass is 9.80. The molecule has 462 valence electrons. The minimum Gasteiger partial charge on any atom is -0.460 e. The summed E-state index contributed by atoms with van der Waals surface area (Å²) in [6, 6.07) is 12.9. The van der Waals surface area contributed by atoms with Crippen molar-refractivity contribution in [3.8, 4) is 22.9 Å². The summed E-state index contributed by atoms with van der Waals surface area (Å²) < 4.78 is 147. The van der Waals surface area contributed by atoms with Crippen LogP contribution in [0.1, 0.15) is 96.7 Å². The lowest BCUT2D eigenvalue weighted by molar-refractivity contribution is -0.236. The van der Waals surface area contributed by atoms with Gasteiger partial charge in [-0.2, -0.15) is 26.3 Å². The predicted molar refractivity (Wildman–Crippen MR) is 309 cm³/mol. The number of ether oxygens (including phenoxy) is 5. The number of carbonyl (C=O) groups excluding carboxylic acids is 1. The van der Waals surface area contributed by atoms with Gasteiger partial charge >= 0.3 is 19.5 Å². The molecular formula is C52H71BBr2ClF8N11O8. The third-order valence-electron chi connectivity index (χ3n) is 11.2. The molecule has 7 aromatic heterocycles. The highest BCUT2D eigenvalue weighted by Crippen LogP contribution is 2.38. The summed E-state index contributed by atoms with van der Waals surface area (Å²) >= 11 is 11.4. The Kier molecular flexibility index (Phi) is 30.3. The molecule has 1 saturated heterocycles. The fourth-order valence-electron chi connectivity index (χ4n) is 5.93. The van der Waals surface area contributed by atoms with Gasteiger partial charge in [-0.3, -0.25) is 13.6 Å². The summed E-state index contributed by atoms with van der Waals surface area (Å²) in [7, 11) is 3.71. The molecule has 1 aliphatic heterocycles. The molecule has 0 amide bonds. The van der Waals surface area contributed by atoms with Crippen LogP contribution >= 0.6 is 43.5 Å². The first-order valence-electron chi connectivity index (χ1n) is 22.9. The molecule has 8 heterocycles. The van der Waals surface area contributed by atoms with E-state index in [-0.39, 0.29) is 48.4 Å². The number of hydrogen-bond donors (Lipinski definition) is 2. The number of nitrogens with one attached hydrogen (secondary N) is 1. The lowest BCUT2D eigenvalue weighted by Gasteiger charge is -2.32. The minimum absolute atomic E-state index is 0. The molecule has 0 unspecified atom stereocenters. The average molecular weight is 1340 g/mol. The van der Waals surface area contributed by atoms with Crippen molar-refractivity contribution >= 4 is 78.4 Å². The number of halogens is 11. The fraction of sp³-hybridized carbons (Fsp3) is 0.462. The third-order valence-corrected chi connectivity index (χ3v) is 12.2. The van der Waals surface area contributed by atoms with Crippen molar-refractivity contribution < 1.29 is 72.9 Å². The number of hydrazine groups is 1. The minimum atomic E-state index is -4.67. The van der Waals surface area contributed by atoms with Gasteiger partial charge in [0.05, 0.1) is 11.2 Å². The number of aromatic nitrogens is 9. The van der Waals surface area contributed by atoms with Crippen LogP contribution < -0.4 is 26.2 Å². The highest BCUT2D eigenvalue weighted by Gasteiger charge is 2.53. The molecule has 31 heteroatoms. The molecule has 3 N–H and O–H groups in total. The van der Waals surface area contributed by atoms with Crippen LogP contribution in [0.2, 0.25) is 0 Å². The Morgan fingerprint density at radius 3 is 1.51 bits per heavy atom. The van der Waals surface area contributed by atoms with Crippen molar-refractivity contribution in [3.05, 3.63) is 112 Å². The highest BCUT2D eigenvalue weighted by atomic mass is 79.9. The van der Waals surface area contributed by atoms with Crippen LogP contribution in [-0.4, -0.2) is 119 Å². The molecular weight excluding hydrogens is 1260 g/mol. The predicted octanol–water partition coefficient (Wildman–Crippen LogP) is 12.7. The van der Waals surface area contributed by atoms with Gasteiger partial charge in [-0.25, -0.2) is 29.6 Å². The molecule has 83 heavy (non-hydrogen) atoms. The Morgan fingerprint density at radius 1 is 0.651 bits per heavy atom. The Bertz CT molecular complexity index is 3110. The zero-order valence-corrected chi connectivity index (χ0v) is 48.2. The number of nitrogen functional groups attached to an aromatic ring is 1. The number of carbonyl (C=O) groups is 1. The maximum Gasteiger partial charge on any atom is 0.496 e. The monoisotopic (exact) mass is 1330 g/mol. The first-order chi connectivity index (χ1) is 36.7. The number of pyridine rings is 5. The van der Waals surface area contributed by atoms with Gasteiger partial charge in [0.2, 0.25) is 5.24 Å². The number of alkyl halides is 6. The number of fused-ring (bicyclic) bond motifs is 2. The van der Waals surface area contributed by atoms with E-state index in [1.54, 1.807) is 42.1 Å². The van der Waals surface area contributed by atoms with Crippen molar-refractivity contribution in [1.29, 1.82) is 0 Å². The quantitative estimate of drug-likeness (QED) is 0.0360. The van der Waals surface area contributed by atoms with E-state index in [1.165, 1.54) is 26.6 Å². The summed E-state index contributed by atoms with van der Waals surface area (Å²) in [5, 5.41) is 15.5. The van der Waals surface area contributed by atoms with E-state index in [1.807, 2.05) is 56.5 Å². The molecule has 0 atom stereocenters. The molecule has 0 aromatic carbocycles. The first-order valence-corrected chi connectivity index (χ1v) is 24.9. The molecule has 7 aromatic rings. The number of methoxy groups -OCH3 is 3. The second kappa shape index (κ2) is 32.5. The summed E-state index contributed by atoms with van der Waals surface area (Å²) in [6.45, 7) is 11.3. The van der Waals surface area contributed by atoms with Crippen LogP contribution in [-0.2, 0) is 41.5 Å². The van der Waals surface area contributed by atoms with Crippen LogP contribution in [0.4, 0.5) is 40.9 Å². The maximum atomic E-state index is 14.3. The van der Waals surface area contributed by atoms with E-state index in [0.29, 0.717) is 35.0 Å². The molecule has 1 aliphatic rings. The second-order valence-electron chi connectivity index (χ2n) is 18.5. The maximum absolute atomic E-state index is 14.3. The zero-order chi connectivity index (χ0) is 59.3. The Morgan fingerprint density at radius 2 is 1.11 bits per heavy atom. The van der Waals surface area contributed by atoms with E-state index in [0.717, 1.165) is 60.2 Å². The van der Waals surface area contributed by atoms with Crippen LogP contribution in [0, 0.1) is 11.6 Å². The van der Waals surface area contributed by atoms with Crippen LogP contribution in [0.15, 0.2) is 88.5 Å². The van der Waals surface area contributed by atoms with Gasteiger partial charge in [0.1, 0.15) is 25.6 Å². The number of nitrogens with two attached hydrogens (primary N) is 1. The topological polar surface area (TPSA) is 219 Å². The van der Waals surface area contributed by atoms with E-state index >= 15 is 0 Å². The SMILES string of the molecule is C.C.C.C.CC(C)(Oc1ncc(B2OC(C)(C)C(C)(C)O2)cc1F)C(F)(F)F.COCC(=O)Cl.COCc1nnc2ccc(-c3cnc(OC(C)(C)C(F)(F)F)c(F)c3)cn12.COCc1nnc2ccc(Br)cn12.NNc1ccc(Br)cn1. The second-order valence-corrected chi connectivity index (χ2v) is 20.7. The number of anilines is 1. The number of hydrogen-bond acceptors (Lipinski definition) is 17. The van der Waals surface area contributed by atoms with E-state index < -0.39 is 70.5 Å². The smallest absolute Gasteiger partial charge is 0.460 e. The standard InChI is InChI=1S/C17H16F4N4O2.C15H20BF4NO3.C8H8BrN3O.C5H6BrN3.C3H5ClO2.4CH4/c1-16(2,17(19,20)21)27-15-12(18)6-11(7-22-15)10-4-5-13-23-24-14(9-26-3)25(13)8-10;1-12(2)13(3,4)24-16(23-12)9-7-10(17)11(21-8-9)22-14(5,6)15(18,19)20;1-13-5-8-11-10-7-3-2-6(9)4-12(7)8;6-4-1-2-5(9-7)8-3-4;1-6-2-3(4)5;;;;/h4-8H,9H2,1-3H3;7-8H,1-6H3;2-4H,5H2,1H3;1-3H,7H2,(H,8,9);2H2,1H3;4*1H4. The molecule has 0 saturated carbocycles. The molecule has 0 radical (unpaired) electrons. The van der Waals surface area contributed by atoms with Crippen LogP contribution in [0.3, 0.4) is 0 Å². The highest BCUT2D eigenvalue weighted by molar-refractivity contribution is 9.10. The van der Waals surface area contributed by atoms with E-state index in [9.17, 15) is 39.9 Å². The molecule has 0 bridgehead atoms. The van der Waals surface area contributed by atoms with Crippen molar-refractivity contribution in [3.63, 3.8) is 0 Å². The Hall–Kier alpha value is -5.73. The van der Waals surface area contributed by atoms with Crippen molar-refractivity contribution in [2.24, 2.45) is 5.84 Å². The normalized spacial score (nSPS) is 13.3. The number of nitrogens with zero attached hydrogens (tertiary/aromatic N) is 9. The Labute approximate surface area is 500 Å². The molecule has 19 nitrogen and oxygen atoms in total. The van der Waals surface area contributed by atoms with Crippen LogP contribution in [0.5, 0.6) is 11.8 Å². The van der Waals surface area contributed by atoms with Crippen molar-refractivity contribution in [2.75, 3.05) is 33.4 Å². The lowest BCUT2D eigenvalue weighted by Crippen LogP contribution is -2.45. The van der Waals surface area contributed by atoms with E-state index in [4.69, 9.17) is 45.7 Å². The third kappa shape index (κ3) is 21.4. The fourth-order valence-corrected chi connectivity index (χ4v) is 6.61. The van der Waals surface area contributed by atoms with Crippen molar-refractivity contribution in [1.82, 2.24) is 44.1 Å². The molecule has 0 spiro atoms. The number of rotatable bonds is 13. The van der Waals surface area contributed by atoms with Gasteiger partial charge in [-0.1, -0.05) is 29.7 Å². The van der Waals surface area contributed by atoms with Gasteiger partial charge < -0.3 is 38.4 Å². The van der Waals surface area contributed by atoms with Gasteiger partial charge in [-0.15, -0.1) is 20.4 Å². The average Bonchev–Trinajstić information content (AvgIpc) is 4.17. The largest absolute Gasteiger partial charge is 0.496 e. The molecule has 8 rings (SSSR count). The summed E-state index contributed by atoms with van der Waals surface area (Å²) in [5.74, 6) is 3.64. The van der Waals surface area contributed by atoms with Crippen molar-refractivity contribution in [2.45, 2.75) is 133 Å². The Balaban J connectivity index is 0.00000109.